The molecule has 2 aromatic heterocycles. The molecule has 0 radical (unpaired) electrons. The van der Waals surface area contributed by atoms with E-state index in [4.69, 9.17) is 23.2 Å². The Morgan fingerprint density at radius 1 is 1.04 bits per heavy atom. The molecule has 0 saturated carbocycles. The van der Waals surface area contributed by atoms with Crippen LogP contribution in [0.3, 0.4) is 0 Å². The number of quaternary nitrogens is 1. The number of nitrogens with zero attached hydrogens (tertiary/aromatic N) is 6. The highest BCUT2D eigenvalue weighted by atomic mass is 35.5. The summed E-state index contributed by atoms with van der Waals surface area (Å²) in [5.41, 5.74) is 1.50. The standard InChI is InChI=1S/C35H41Cl2N7O4/c1-40-12-8-25(9-13-40)41-14-16-42(17-15-41)35(11-19-45)21-26(10-18-44(35,34(47)48)23-24-6-7-28(36)29(37)20-24)43-31-22-38-30-5-3-2-4-27(30)32(31)39-33(43)46/h2-7,19-20,22,25-26H,8-18,21,23H2,1H3,(H-,38,39,46,47,48)/p+1/t26?,35?,44-/m0/s1. The third-order valence-electron chi connectivity index (χ3n) is 11.4. The SMILES string of the molecule is CN1CCC(N2CCN(C3(CC=O)CC(n4c(=O)[nH]c5c6ccccc6ncc54)CC[N@+]3(Cc3ccc(Cl)c(Cl)c3)C(=O)O)CC2)CC1. The van der Waals surface area contributed by atoms with Gasteiger partial charge in [-0.1, -0.05) is 47.5 Å². The normalized spacial score (nSPS) is 26.7. The van der Waals surface area contributed by atoms with Crippen LogP contribution in [0.5, 0.6) is 0 Å². The van der Waals surface area contributed by atoms with Gasteiger partial charge in [0, 0.05) is 56.0 Å². The van der Waals surface area contributed by atoms with E-state index in [0.29, 0.717) is 53.1 Å². The number of aldehydes is 1. The molecule has 4 aromatic rings. The van der Waals surface area contributed by atoms with Gasteiger partial charge in [-0.25, -0.2) is 14.2 Å². The van der Waals surface area contributed by atoms with Gasteiger partial charge in [0.25, 0.3) is 0 Å². The van der Waals surface area contributed by atoms with Crippen molar-refractivity contribution in [1.82, 2.24) is 29.2 Å². The summed E-state index contributed by atoms with van der Waals surface area (Å²) in [6.07, 6.45) is 4.52. The van der Waals surface area contributed by atoms with E-state index in [1.165, 1.54) is 0 Å². The zero-order chi connectivity index (χ0) is 33.6. The zero-order valence-electron chi connectivity index (χ0n) is 27.2. The molecule has 13 heteroatoms. The van der Waals surface area contributed by atoms with Gasteiger partial charge in [-0.3, -0.25) is 14.5 Å². The molecule has 3 aliphatic rings. The maximum Gasteiger partial charge on any atom is 0.515 e. The number of carbonyl (C=O) groups excluding carboxylic acids is 1. The Bertz CT molecular complexity index is 1900. The predicted molar refractivity (Wildman–Crippen MR) is 187 cm³/mol. The van der Waals surface area contributed by atoms with Gasteiger partial charge in [0.05, 0.1) is 51.8 Å². The van der Waals surface area contributed by atoms with E-state index < -0.39 is 11.8 Å². The van der Waals surface area contributed by atoms with Crippen molar-refractivity contribution in [2.24, 2.45) is 0 Å². The Morgan fingerprint density at radius 3 is 2.50 bits per heavy atom. The van der Waals surface area contributed by atoms with Gasteiger partial charge in [0.15, 0.2) is 5.66 Å². The topological polar surface area (TPSA) is 115 Å². The van der Waals surface area contributed by atoms with E-state index in [1.54, 1.807) is 22.9 Å². The lowest BCUT2D eigenvalue weighted by Crippen LogP contribution is -2.77. The number of amides is 1. The summed E-state index contributed by atoms with van der Waals surface area (Å²) in [5.74, 6) is 0. The summed E-state index contributed by atoms with van der Waals surface area (Å²) in [6, 6.07) is 13.0. The molecule has 3 fully saturated rings. The molecule has 2 N–H and O–H groups in total. The van der Waals surface area contributed by atoms with Gasteiger partial charge < -0.3 is 19.8 Å². The molecule has 3 aliphatic heterocycles. The van der Waals surface area contributed by atoms with Crippen LogP contribution in [0.4, 0.5) is 4.79 Å². The van der Waals surface area contributed by atoms with Crippen LogP contribution in [0.25, 0.3) is 21.9 Å². The highest BCUT2D eigenvalue weighted by Crippen LogP contribution is 2.47. The molecule has 0 bridgehead atoms. The molecule has 1 amide bonds. The number of hydrogen-bond donors (Lipinski definition) is 2. The molecule has 0 spiro atoms. The predicted octanol–water partition coefficient (Wildman–Crippen LogP) is 5.21. The molecule has 5 heterocycles. The fourth-order valence-electron chi connectivity index (χ4n) is 8.84. The van der Waals surface area contributed by atoms with Crippen molar-refractivity contribution in [2.45, 2.75) is 56.4 Å². The molecule has 2 aromatic carbocycles. The fraction of sp³-hybridized carbons (Fsp3) is 0.486. The van der Waals surface area contributed by atoms with Crippen LogP contribution in [0.1, 0.15) is 43.7 Å². The van der Waals surface area contributed by atoms with E-state index in [0.717, 1.165) is 61.8 Å². The Hall–Kier alpha value is -3.32. The van der Waals surface area contributed by atoms with E-state index in [2.05, 4.69) is 31.7 Å². The first kappa shape index (κ1) is 33.2. The summed E-state index contributed by atoms with van der Waals surface area (Å²) in [7, 11) is 2.16. The first-order chi connectivity index (χ1) is 23.2. The average molecular weight is 696 g/mol. The molecule has 2 unspecified atom stereocenters. The monoisotopic (exact) mass is 694 g/mol. The van der Waals surface area contributed by atoms with Gasteiger partial charge in [0.2, 0.25) is 0 Å². The largest absolute Gasteiger partial charge is 0.515 e. The van der Waals surface area contributed by atoms with Gasteiger partial charge in [0.1, 0.15) is 12.8 Å². The maximum atomic E-state index is 13.8. The first-order valence-corrected chi connectivity index (χ1v) is 17.6. The van der Waals surface area contributed by atoms with Crippen LogP contribution in [-0.4, -0.2) is 116 Å². The van der Waals surface area contributed by atoms with Crippen molar-refractivity contribution >= 4 is 57.5 Å². The van der Waals surface area contributed by atoms with E-state index >= 15 is 0 Å². The number of imidazole rings is 1. The minimum Gasteiger partial charge on any atom is -0.435 e. The van der Waals surface area contributed by atoms with Crippen molar-refractivity contribution in [3.63, 3.8) is 0 Å². The minimum atomic E-state index is -1.13. The molecule has 7 rings (SSSR count). The number of hydrogen-bond acceptors (Lipinski definition) is 7. The number of aromatic nitrogens is 3. The number of nitrogens with one attached hydrogen (secondary N) is 1. The summed E-state index contributed by atoms with van der Waals surface area (Å²) < 4.78 is 1.38. The number of pyridine rings is 1. The van der Waals surface area contributed by atoms with Crippen molar-refractivity contribution in [3.05, 3.63) is 74.8 Å². The number of halogens is 2. The molecule has 254 valence electrons. The summed E-state index contributed by atoms with van der Waals surface area (Å²) in [6.45, 7) is 5.28. The van der Waals surface area contributed by atoms with Crippen molar-refractivity contribution in [3.8, 4) is 0 Å². The van der Waals surface area contributed by atoms with Gasteiger partial charge >= 0.3 is 11.8 Å². The van der Waals surface area contributed by atoms with Gasteiger partial charge in [-0.05, 0) is 51.2 Å². The smallest absolute Gasteiger partial charge is 0.435 e. The molecule has 48 heavy (non-hydrogen) atoms. The number of fused-ring (bicyclic) bond motifs is 3. The number of aromatic amines is 1. The Balaban J connectivity index is 1.31. The van der Waals surface area contributed by atoms with Crippen molar-refractivity contribution in [1.29, 1.82) is 0 Å². The first-order valence-electron chi connectivity index (χ1n) is 16.8. The third-order valence-corrected chi connectivity index (χ3v) is 12.1. The van der Waals surface area contributed by atoms with E-state index in [-0.39, 0.29) is 35.7 Å². The number of likely N-dealkylation sites (tertiary alicyclic amines) is 2. The quantitative estimate of drug-likeness (QED) is 0.200. The van der Waals surface area contributed by atoms with Crippen molar-refractivity contribution < 1.29 is 19.2 Å². The lowest BCUT2D eigenvalue weighted by atomic mass is 9.82. The van der Waals surface area contributed by atoms with Crippen LogP contribution < -0.4 is 5.69 Å². The Kier molecular flexibility index (Phi) is 9.12. The molecule has 3 atom stereocenters. The summed E-state index contributed by atoms with van der Waals surface area (Å²) in [5, 5.41) is 12.9. The number of para-hydroxylation sites is 1. The lowest BCUT2D eigenvalue weighted by Gasteiger charge is -2.59. The summed E-state index contributed by atoms with van der Waals surface area (Å²) >= 11 is 12.7. The summed E-state index contributed by atoms with van der Waals surface area (Å²) in [4.78, 5) is 55.2. The van der Waals surface area contributed by atoms with Crippen molar-refractivity contribution in [2.75, 3.05) is 52.9 Å². The van der Waals surface area contributed by atoms with Crippen LogP contribution in [0, 0.1) is 0 Å². The molecule has 3 saturated heterocycles. The number of benzene rings is 2. The van der Waals surface area contributed by atoms with Crippen LogP contribution >= 0.6 is 23.2 Å². The van der Waals surface area contributed by atoms with Gasteiger partial charge in [-0.2, -0.15) is 4.79 Å². The van der Waals surface area contributed by atoms with Crippen LogP contribution in [-0.2, 0) is 11.3 Å². The van der Waals surface area contributed by atoms with Crippen LogP contribution in [0.2, 0.25) is 10.0 Å². The number of rotatable bonds is 7. The second-order valence-electron chi connectivity index (χ2n) is 13.8. The number of carbonyl (C=O) groups is 2. The number of H-pyrrole nitrogens is 1. The second-order valence-corrected chi connectivity index (χ2v) is 14.6. The van der Waals surface area contributed by atoms with E-state index in [9.17, 15) is 19.5 Å². The van der Waals surface area contributed by atoms with Crippen LogP contribution in [0.15, 0.2) is 53.5 Å². The minimum absolute atomic E-state index is 0.00360. The zero-order valence-corrected chi connectivity index (χ0v) is 28.7. The van der Waals surface area contributed by atoms with Gasteiger partial charge in [-0.15, -0.1) is 0 Å². The average Bonchev–Trinajstić information content (AvgIpc) is 3.44. The number of piperidine rings is 2. The highest BCUT2D eigenvalue weighted by Gasteiger charge is 2.63. The molecular formula is C35H42Cl2N7O4+. The Labute approximate surface area is 289 Å². The molecular weight excluding hydrogens is 653 g/mol. The van der Waals surface area contributed by atoms with E-state index in [1.807, 2.05) is 30.3 Å². The third kappa shape index (κ3) is 5.64. The fourth-order valence-corrected chi connectivity index (χ4v) is 9.16. The Morgan fingerprint density at radius 2 is 1.79 bits per heavy atom. The molecule has 11 nitrogen and oxygen atoms in total. The number of piperazine rings is 1. The molecule has 0 aliphatic carbocycles. The highest BCUT2D eigenvalue weighted by molar-refractivity contribution is 6.42. The second kappa shape index (κ2) is 13.2. The maximum absolute atomic E-state index is 13.8. The number of carboxylic acid groups (broad SMARTS) is 1. The lowest BCUT2D eigenvalue weighted by molar-refractivity contribution is -0.942.